The van der Waals surface area contributed by atoms with Gasteiger partial charge in [0.15, 0.2) is 0 Å². The number of aromatic nitrogens is 1. The van der Waals surface area contributed by atoms with Crippen LogP contribution in [-0.4, -0.2) is 51.3 Å². The van der Waals surface area contributed by atoms with E-state index in [2.05, 4.69) is 4.98 Å². The monoisotopic (exact) mass is 276 g/mol. The molecule has 7 heteroatoms. The topological polar surface area (TPSA) is 73.7 Å². The quantitative estimate of drug-likeness (QED) is 0.736. The van der Waals surface area contributed by atoms with Crippen molar-refractivity contribution in [2.24, 2.45) is 0 Å². The van der Waals surface area contributed by atoms with E-state index in [4.69, 9.17) is 23.2 Å². The number of carbonyl (C=O) groups excluding carboxylic acids is 1. The van der Waals surface area contributed by atoms with Gasteiger partial charge in [0.25, 0.3) is 5.91 Å². The summed E-state index contributed by atoms with van der Waals surface area (Å²) in [6.45, 7) is 0.159. The second kappa shape index (κ2) is 4.78. The Kier molecular flexibility index (Phi) is 3.53. The van der Waals surface area contributed by atoms with E-state index in [1.807, 2.05) is 0 Å². The molecule has 1 saturated heterocycles. The number of aliphatic hydroxyl groups excluding tert-OH is 2. The Morgan fingerprint density at radius 1 is 1.35 bits per heavy atom. The first kappa shape index (κ1) is 12.6. The highest BCUT2D eigenvalue weighted by atomic mass is 35.5. The normalized spacial score (nSPS) is 24.1. The van der Waals surface area contributed by atoms with Crippen molar-refractivity contribution in [1.82, 2.24) is 9.88 Å². The molecule has 1 aliphatic heterocycles. The Hall–Kier alpha value is -0.880. The molecule has 2 heterocycles. The molecule has 1 amide bonds. The van der Waals surface area contributed by atoms with Crippen LogP contribution in [0.1, 0.15) is 10.4 Å². The van der Waals surface area contributed by atoms with E-state index < -0.39 is 12.2 Å². The Bertz CT molecular complexity index is 445. The second-order valence-electron chi connectivity index (χ2n) is 3.83. The minimum absolute atomic E-state index is 0.0796. The zero-order valence-corrected chi connectivity index (χ0v) is 10.2. The number of rotatable bonds is 1. The predicted octanol–water partition coefficient (Wildman–Crippen LogP) is 0.566. The first-order valence-electron chi connectivity index (χ1n) is 4.95. The third kappa shape index (κ3) is 2.52. The van der Waals surface area contributed by atoms with Crippen molar-refractivity contribution in [1.29, 1.82) is 0 Å². The number of hydrogen-bond acceptors (Lipinski definition) is 4. The highest BCUT2D eigenvalue weighted by Gasteiger charge is 2.33. The third-order valence-corrected chi connectivity index (χ3v) is 3.11. The second-order valence-corrected chi connectivity index (χ2v) is 4.63. The van der Waals surface area contributed by atoms with E-state index in [0.717, 1.165) is 0 Å². The number of carbonyl (C=O) groups is 1. The molecule has 0 spiro atoms. The van der Waals surface area contributed by atoms with Crippen molar-refractivity contribution >= 4 is 29.1 Å². The predicted molar refractivity (Wildman–Crippen MR) is 62.2 cm³/mol. The van der Waals surface area contributed by atoms with Crippen LogP contribution in [0.4, 0.5) is 0 Å². The number of hydrogen-bond donors (Lipinski definition) is 2. The summed E-state index contributed by atoms with van der Waals surface area (Å²) in [7, 11) is 0. The highest BCUT2D eigenvalue weighted by Crippen LogP contribution is 2.22. The number of nitrogens with zero attached hydrogens (tertiary/aromatic N) is 2. The van der Waals surface area contributed by atoms with E-state index in [0.29, 0.717) is 0 Å². The van der Waals surface area contributed by atoms with Gasteiger partial charge in [-0.3, -0.25) is 4.79 Å². The number of aliphatic hydroxyl groups is 2. The molecular formula is C10H10Cl2N2O3. The van der Waals surface area contributed by atoms with Crippen molar-refractivity contribution in [2.45, 2.75) is 12.2 Å². The van der Waals surface area contributed by atoms with Crippen molar-refractivity contribution in [2.75, 3.05) is 13.1 Å². The van der Waals surface area contributed by atoms with E-state index in [1.165, 1.54) is 17.2 Å². The Morgan fingerprint density at radius 2 is 1.94 bits per heavy atom. The van der Waals surface area contributed by atoms with Gasteiger partial charge in [-0.15, -0.1) is 0 Å². The first-order chi connectivity index (χ1) is 7.99. The van der Waals surface area contributed by atoms with Crippen LogP contribution in [0.3, 0.4) is 0 Å². The number of halogens is 2. The molecule has 1 fully saturated rings. The van der Waals surface area contributed by atoms with Gasteiger partial charge >= 0.3 is 0 Å². The van der Waals surface area contributed by atoms with Crippen LogP contribution in [0.25, 0.3) is 0 Å². The smallest absolute Gasteiger partial charge is 0.255 e. The van der Waals surface area contributed by atoms with Crippen LogP contribution < -0.4 is 0 Å². The van der Waals surface area contributed by atoms with Gasteiger partial charge in [0.1, 0.15) is 5.15 Å². The fourth-order valence-electron chi connectivity index (χ4n) is 1.68. The van der Waals surface area contributed by atoms with E-state index in [9.17, 15) is 15.0 Å². The van der Waals surface area contributed by atoms with Gasteiger partial charge in [0.05, 0.1) is 22.8 Å². The van der Waals surface area contributed by atoms with E-state index in [-0.39, 0.29) is 34.7 Å². The van der Waals surface area contributed by atoms with Crippen LogP contribution in [0.15, 0.2) is 12.3 Å². The molecule has 0 aromatic carbocycles. The molecule has 2 atom stereocenters. The SMILES string of the molecule is O=C(c1cc(Cl)ncc1Cl)N1C[C@@H](O)[C@@H](O)C1. The minimum Gasteiger partial charge on any atom is -0.388 e. The summed E-state index contributed by atoms with van der Waals surface area (Å²) in [4.78, 5) is 17.1. The molecule has 1 aromatic heterocycles. The van der Waals surface area contributed by atoms with Crippen molar-refractivity contribution in [3.8, 4) is 0 Å². The standard InChI is InChI=1S/C10H10Cl2N2O3/c11-6-2-13-9(12)1-5(6)10(17)14-3-7(15)8(16)4-14/h1-2,7-8,15-16H,3-4H2/t7-,8+. The van der Waals surface area contributed by atoms with Crippen LogP contribution in [0, 0.1) is 0 Å². The lowest BCUT2D eigenvalue weighted by atomic mass is 10.2. The summed E-state index contributed by atoms with van der Waals surface area (Å²) >= 11 is 11.5. The molecule has 5 nitrogen and oxygen atoms in total. The molecule has 17 heavy (non-hydrogen) atoms. The summed E-state index contributed by atoms with van der Waals surface area (Å²) in [5.74, 6) is -0.380. The number of β-amino-alcohol motifs (C(OH)–C–C–N with tert-alkyl or cyclic N) is 2. The minimum atomic E-state index is -0.921. The molecule has 0 radical (unpaired) electrons. The Balaban J connectivity index is 2.23. The van der Waals surface area contributed by atoms with Gasteiger partial charge < -0.3 is 15.1 Å². The molecule has 0 unspecified atom stereocenters. The number of amides is 1. The molecule has 0 bridgehead atoms. The summed E-state index contributed by atoms with van der Waals surface area (Å²) in [5, 5.41) is 19.1. The lowest BCUT2D eigenvalue weighted by Crippen LogP contribution is -2.30. The van der Waals surface area contributed by atoms with Crippen LogP contribution in [0.2, 0.25) is 10.2 Å². The third-order valence-electron chi connectivity index (χ3n) is 2.60. The van der Waals surface area contributed by atoms with Gasteiger partial charge in [-0.1, -0.05) is 23.2 Å². The van der Waals surface area contributed by atoms with Gasteiger partial charge in [-0.2, -0.15) is 0 Å². The molecular weight excluding hydrogens is 267 g/mol. The van der Waals surface area contributed by atoms with Crippen LogP contribution in [-0.2, 0) is 0 Å². The molecule has 92 valence electrons. The maximum Gasteiger partial charge on any atom is 0.255 e. The molecule has 1 aliphatic rings. The summed E-state index contributed by atoms with van der Waals surface area (Å²) in [5.41, 5.74) is 0.216. The summed E-state index contributed by atoms with van der Waals surface area (Å²) in [6, 6.07) is 1.36. The van der Waals surface area contributed by atoms with Crippen LogP contribution >= 0.6 is 23.2 Å². The average molecular weight is 277 g/mol. The zero-order chi connectivity index (χ0) is 12.6. The fourth-order valence-corrected chi connectivity index (χ4v) is 2.02. The molecule has 0 aliphatic carbocycles. The maximum atomic E-state index is 12.0. The lowest BCUT2D eigenvalue weighted by molar-refractivity contribution is 0.0572. The number of likely N-dealkylation sites (tertiary alicyclic amines) is 1. The van der Waals surface area contributed by atoms with E-state index in [1.54, 1.807) is 0 Å². The van der Waals surface area contributed by atoms with Crippen molar-refractivity contribution in [3.05, 3.63) is 28.0 Å². The number of pyridine rings is 1. The van der Waals surface area contributed by atoms with Crippen molar-refractivity contribution in [3.63, 3.8) is 0 Å². The Labute approximate surface area is 108 Å². The fraction of sp³-hybridized carbons (Fsp3) is 0.400. The largest absolute Gasteiger partial charge is 0.388 e. The molecule has 0 saturated carbocycles. The lowest BCUT2D eigenvalue weighted by Gasteiger charge is -2.16. The maximum absolute atomic E-state index is 12.0. The Morgan fingerprint density at radius 3 is 2.53 bits per heavy atom. The summed E-state index contributed by atoms with van der Waals surface area (Å²) < 4.78 is 0. The van der Waals surface area contributed by atoms with Gasteiger partial charge in [0.2, 0.25) is 0 Å². The first-order valence-corrected chi connectivity index (χ1v) is 5.71. The van der Waals surface area contributed by atoms with Gasteiger partial charge in [-0.05, 0) is 6.07 Å². The van der Waals surface area contributed by atoms with Gasteiger partial charge in [-0.25, -0.2) is 4.98 Å². The molecule has 2 N–H and O–H groups in total. The van der Waals surface area contributed by atoms with Crippen molar-refractivity contribution < 1.29 is 15.0 Å². The van der Waals surface area contributed by atoms with Crippen LogP contribution in [0.5, 0.6) is 0 Å². The summed E-state index contributed by atoms with van der Waals surface area (Å²) in [6.07, 6.45) is -0.551. The van der Waals surface area contributed by atoms with Gasteiger partial charge in [0, 0.05) is 19.3 Å². The average Bonchev–Trinajstić information content (AvgIpc) is 2.62. The molecule has 2 rings (SSSR count). The van der Waals surface area contributed by atoms with E-state index >= 15 is 0 Å². The highest BCUT2D eigenvalue weighted by molar-refractivity contribution is 6.35. The zero-order valence-electron chi connectivity index (χ0n) is 8.68. The molecule has 1 aromatic rings.